The maximum atomic E-state index is 11.6. The summed E-state index contributed by atoms with van der Waals surface area (Å²) in [6.45, 7) is 4.59. The van der Waals surface area contributed by atoms with Crippen molar-refractivity contribution in [1.82, 2.24) is 10.6 Å². The maximum Gasteiger partial charge on any atom is 0.322 e. The van der Waals surface area contributed by atoms with E-state index in [1.54, 1.807) is 0 Å². The van der Waals surface area contributed by atoms with E-state index in [2.05, 4.69) is 10.6 Å². The van der Waals surface area contributed by atoms with Crippen LogP contribution in [0.2, 0.25) is 0 Å². The summed E-state index contributed by atoms with van der Waals surface area (Å²) in [5.41, 5.74) is 0. The first-order valence-electron chi connectivity index (χ1n) is 5.15. The molecule has 0 rings (SSSR count). The SMILES string of the molecule is CC[C@H](C)[C@H](NC(C)=O)C(=O)NCC(=O)O. The molecule has 0 aliphatic carbocycles. The molecule has 0 bridgehead atoms. The van der Waals surface area contributed by atoms with Gasteiger partial charge >= 0.3 is 5.97 Å². The minimum atomic E-state index is -1.11. The Labute approximate surface area is 94.4 Å². The molecule has 0 aliphatic rings. The van der Waals surface area contributed by atoms with Gasteiger partial charge in [0.05, 0.1) is 0 Å². The Hall–Kier alpha value is -1.59. The molecule has 92 valence electrons. The molecule has 3 N–H and O–H groups in total. The van der Waals surface area contributed by atoms with Crippen molar-refractivity contribution in [3.63, 3.8) is 0 Å². The fraction of sp³-hybridized carbons (Fsp3) is 0.700. The Morgan fingerprint density at radius 2 is 1.88 bits per heavy atom. The molecule has 2 atom stereocenters. The van der Waals surface area contributed by atoms with Crippen molar-refractivity contribution in [2.24, 2.45) is 5.92 Å². The highest BCUT2D eigenvalue weighted by atomic mass is 16.4. The number of hydrogen-bond donors (Lipinski definition) is 3. The molecule has 16 heavy (non-hydrogen) atoms. The van der Waals surface area contributed by atoms with E-state index in [0.29, 0.717) is 6.42 Å². The molecule has 0 radical (unpaired) electrons. The van der Waals surface area contributed by atoms with Gasteiger partial charge in [0.25, 0.3) is 0 Å². The van der Waals surface area contributed by atoms with Gasteiger partial charge in [-0.05, 0) is 5.92 Å². The van der Waals surface area contributed by atoms with Crippen LogP contribution in [0.3, 0.4) is 0 Å². The van der Waals surface area contributed by atoms with Crippen LogP contribution in [0.15, 0.2) is 0 Å². The average Bonchev–Trinajstić information content (AvgIpc) is 2.21. The Morgan fingerprint density at radius 3 is 2.25 bits per heavy atom. The fourth-order valence-corrected chi connectivity index (χ4v) is 1.19. The van der Waals surface area contributed by atoms with Crippen LogP contribution >= 0.6 is 0 Å². The molecule has 0 fully saturated rings. The van der Waals surface area contributed by atoms with Crippen molar-refractivity contribution in [1.29, 1.82) is 0 Å². The van der Waals surface area contributed by atoms with Crippen molar-refractivity contribution in [3.05, 3.63) is 0 Å². The van der Waals surface area contributed by atoms with Gasteiger partial charge in [-0.3, -0.25) is 14.4 Å². The van der Waals surface area contributed by atoms with Crippen LogP contribution in [0.4, 0.5) is 0 Å². The smallest absolute Gasteiger partial charge is 0.322 e. The van der Waals surface area contributed by atoms with Gasteiger partial charge in [-0.2, -0.15) is 0 Å². The summed E-state index contributed by atoms with van der Waals surface area (Å²) in [4.78, 5) is 32.8. The number of carboxylic acid groups (broad SMARTS) is 1. The minimum absolute atomic E-state index is 0.0438. The van der Waals surface area contributed by atoms with Gasteiger partial charge in [0, 0.05) is 6.92 Å². The van der Waals surface area contributed by atoms with Gasteiger partial charge < -0.3 is 15.7 Å². The molecule has 0 spiro atoms. The van der Waals surface area contributed by atoms with Gasteiger partial charge in [0.1, 0.15) is 12.6 Å². The zero-order chi connectivity index (χ0) is 12.7. The summed E-state index contributed by atoms with van der Waals surface area (Å²) in [6, 6.07) is -0.679. The van der Waals surface area contributed by atoms with Crippen LogP contribution in [0.25, 0.3) is 0 Å². The zero-order valence-electron chi connectivity index (χ0n) is 9.74. The summed E-state index contributed by atoms with van der Waals surface area (Å²) >= 11 is 0. The number of rotatable bonds is 6. The second-order valence-corrected chi connectivity index (χ2v) is 3.68. The lowest BCUT2D eigenvalue weighted by Crippen LogP contribution is -2.50. The first-order chi connectivity index (χ1) is 7.38. The van der Waals surface area contributed by atoms with Gasteiger partial charge in [0.15, 0.2) is 0 Å². The third-order valence-electron chi connectivity index (χ3n) is 2.27. The molecule has 0 saturated heterocycles. The number of hydrogen-bond acceptors (Lipinski definition) is 3. The molecular formula is C10H18N2O4. The third kappa shape index (κ3) is 5.33. The molecule has 0 aromatic carbocycles. The number of aliphatic carboxylic acids is 1. The third-order valence-corrected chi connectivity index (χ3v) is 2.27. The molecule has 0 aliphatic heterocycles. The van der Waals surface area contributed by atoms with Gasteiger partial charge in [-0.15, -0.1) is 0 Å². The molecular weight excluding hydrogens is 212 g/mol. The summed E-state index contributed by atoms with van der Waals surface area (Å²) in [7, 11) is 0. The van der Waals surface area contributed by atoms with Crippen LogP contribution in [-0.4, -0.2) is 35.5 Å². The van der Waals surface area contributed by atoms with Gasteiger partial charge in [-0.1, -0.05) is 20.3 Å². The van der Waals surface area contributed by atoms with Crippen molar-refractivity contribution in [3.8, 4) is 0 Å². The van der Waals surface area contributed by atoms with E-state index in [9.17, 15) is 14.4 Å². The van der Waals surface area contributed by atoms with E-state index < -0.39 is 24.5 Å². The highest BCUT2D eigenvalue weighted by molar-refractivity contribution is 5.89. The first kappa shape index (κ1) is 14.4. The summed E-state index contributed by atoms with van der Waals surface area (Å²) in [5.74, 6) is -1.93. The molecule has 0 aromatic heterocycles. The van der Waals surface area contributed by atoms with E-state index in [1.807, 2.05) is 13.8 Å². The van der Waals surface area contributed by atoms with E-state index in [1.165, 1.54) is 6.92 Å². The van der Waals surface area contributed by atoms with Crippen molar-refractivity contribution in [2.45, 2.75) is 33.2 Å². The number of nitrogens with one attached hydrogen (secondary N) is 2. The van der Waals surface area contributed by atoms with Crippen molar-refractivity contribution >= 4 is 17.8 Å². The average molecular weight is 230 g/mol. The topological polar surface area (TPSA) is 95.5 Å². The fourth-order valence-electron chi connectivity index (χ4n) is 1.19. The highest BCUT2D eigenvalue weighted by Gasteiger charge is 2.24. The zero-order valence-corrected chi connectivity index (χ0v) is 9.74. The molecule has 6 nitrogen and oxygen atoms in total. The molecule has 0 unspecified atom stereocenters. The van der Waals surface area contributed by atoms with Crippen LogP contribution < -0.4 is 10.6 Å². The number of carbonyl (C=O) groups excluding carboxylic acids is 2. The van der Waals surface area contributed by atoms with Crippen molar-refractivity contribution < 1.29 is 19.5 Å². The maximum absolute atomic E-state index is 11.6. The monoisotopic (exact) mass is 230 g/mol. The number of amides is 2. The second-order valence-electron chi connectivity index (χ2n) is 3.68. The normalized spacial score (nSPS) is 13.7. The van der Waals surface area contributed by atoms with Gasteiger partial charge in [-0.25, -0.2) is 0 Å². The van der Waals surface area contributed by atoms with Crippen molar-refractivity contribution in [2.75, 3.05) is 6.54 Å². The Balaban J connectivity index is 4.43. The summed E-state index contributed by atoms with van der Waals surface area (Å²) in [5, 5.41) is 13.2. The van der Waals surface area contributed by atoms with Crippen LogP contribution in [0, 0.1) is 5.92 Å². The van der Waals surface area contributed by atoms with Crippen LogP contribution in [0.1, 0.15) is 27.2 Å². The Bertz CT molecular complexity index is 278. The summed E-state index contributed by atoms with van der Waals surface area (Å²) < 4.78 is 0. The Kier molecular flexibility index (Phi) is 6.14. The largest absolute Gasteiger partial charge is 0.480 e. The lowest BCUT2D eigenvalue weighted by molar-refractivity contribution is -0.138. The summed E-state index contributed by atoms with van der Waals surface area (Å²) in [6.07, 6.45) is 0.714. The standard InChI is InChI=1S/C10H18N2O4/c1-4-6(2)9(12-7(3)13)10(16)11-5-8(14)15/h6,9H,4-5H2,1-3H3,(H,11,16)(H,12,13)(H,14,15)/t6-,9-/m0/s1. The van der Waals surface area contributed by atoms with E-state index in [4.69, 9.17) is 5.11 Å². The Morgan fingerprint density at radius 1 is 1.31 bits per heavy atom. The lowest BCUT2D eigenvalue weighted by Gasteiger charge is -2.22. The molecule has 0 aromatic rings. The molecule has 0 heterocycles. The number of carboxylic acids is 1. The molecule has 6 heteroatoms. The van der Waals surface area contributed by atoms with E-state index >= 15 is 0 Å². The van der Waals surface area contributed by atoms with Crippen LogP contribution in [0.5, 0.6) is 0 Å². The van der Waals surface area contributed by atoms with E-state index in [0.717, 1.165) is 0 Å². The van der Waals surface area contributed by atoms with E-state index in [-0.39, 0.29) is 11.8 Å². The first-order valence-corrected chi connectivity index (χ1v) is 5.15. The lowest BCUT2D eigenvalue weighted by atomic mass is 9.98. The minimum Gasteiger partial charge on any atom is -0.480 e. The van der Waals surface area contributed by atoms with Crippen LogP contribution in [-0.2, 0) is 14.4 Å². The predicted molar refractivity (Wildman–Crippen MR) is 57.7 cm³/mol. The molecule has 0 saturated carbocycles. The molecule has 2 amide bonds. The quantitative estimate of drug-likeness (QED) is 0.585. The highest BCUT2D eigenvalue weighted by Crippen LogP contribution is 2.07. The number of carbonyl (C=O) groups is 3. The van der Waals surface area contributed by atoms with Gasteiger partial charge in [0.2, 0.25) is 11.8 Å². The second kappa shape index (κ2) is 6.81. The predicted octanol–water partition coefficient (Wildman–Crippen LogP) is -0.262.